The second-order valence-electron chi connectivity index (χ2n) is 6.30. The van der Waals surface area contributed by atoms with Crippen molar-refractivity contribution in [3.05, 3.63) is 59.7 Å². The summed E-state index contributed by atoms with van der Waals surface area (Å²) in [5.74, 6) is 0.400. The van der Waals surface area contributed by atoms with Crippen LogP contribution in [0.3, 0.4) is 0 Å². The Kier molecular flexibility index (Phi) is 7.29. The number of ketones is 2. The molecule has 142 valence electrons. The summed E-state index contributed by atoms with van der Waals surface area (Å²) < 4.78 is 5.70. The monoisotopic (exact) mass is 367 g/mol. The number of Topliss-reactive ketones (excluding diaryl/α,β-unsaturated/α-hetero) is 2. The van der Waals surface area contributed by atoms with Gasteiger partial charge < -0.3 is 10.1 Å². The number of anilines is 1. The van der Waals surface area contributed by atoms with Crippen LogP contribution in [0.1, 0.15) is 60.7 Å². The molecule has 1 amide bonds. The molecule has 2 rings (SSSR count). The molecule has 1 atom stereocenters. The van der Waals surface area contributed by atoms with Crippen molar-refractivity contribution in [2.24, 2.45) is 0 Å². The number of benzene rings is 2. The highest BCUT2D eigenvalue weighted by atomic mass is 16.5. The maximum absolute atomic E-state index is 12.5. The van der Waals surface area contributed by atoms with Gasteiger partial charge in [-0.05, 0) is 61.9 Å². The zero-order chi connectivity index (χ0) is 19.8. The number of nitrogens with one attached hydrogen (secondary N) is 1. The van der Waals surface area contributed by atoms with E-state index in [0.717, 1.165) is 6.42 Å². The zero-order valence-electron chi connectivity index (χ0n) is 16.0. The summed E-state index contributed by atoms with van der Waals surface area (Å²) in [5.41, 5.74) is 1.80. The summed E-state index contributed by atoms with van der Waals surface area (Å²) in [4.78, 5) is 35.8. The van der Waals surface area contributed by atoms with Gasteiger partial charge in [-0.3, -0.25) is 14.4 Å². The Bertz CT molecular complexity index is 794. The molecule has 0 heterocycles. The predicted octanol–water partition coefficient (Wildman–Crippen LogP) is 4.67. The van der Waals surface area contributed by atoms with Crippen LogP contribution in [0.5, 0.6) is 5.75 Å². The van der Waals surface area contributed by atoms with E-state index in [9.17, 15) is 14.4 Å². The second kappa shape index (κ2) is 9.67. The van der Waals surface area contributed by atoms with Crippen molar-refractivity contribution < 1.29 is 19.1 Å². The van der Waals surface area contributed by atoms with E-state index in [1.165, 1.54) is 0 Å². The number of rotatable bonds is 9. The average molecular weight is 367 g/mol. The van der Waals surface area contributed by atoms with Gasteiger partial charge in [-0.25, -0.2) is 0 Å². The molecule has 0 saturated heterocycles. The fourth-order valence-corrected chi connectivity index (χ4v) is 2.58. The second-order valence-corrected chi connectivity index (χ2v) is 6.30. The van der Waals surface area contributed by atoms with Crippen LogP contribution in [0.25, 0.3) is 0 Å². The van der Waals surface area contributed by atoms with E-state index < -0.39 is 6.10 Å². The summed E-state index contributed by atoms with van der Waals surface area (Å²) in [6.45, 7) is 5.44. The third-order valence-corrected chi connectivity index (χ3v) is 4.11. The Hall–Kier alpha value is -2.95. The minimum atomic E-state index is -0.668. The molecule has 0 unspecified atom stereocenters. The quantitative estimate of drug-likeness (QED) is 0.654. The van der Waals surface area contributed by atoms with Gasteiger partial charge in [0, 0.05) is 29.7 Å². The van der Waals surface area contributed by atoms with Crippen molar-refractivity contribution in [2.75, 3.05) is 5.32 Å². The van der Waals surface area contributed by atoms with Gasteiger partial charge >= 0.3 is 0 Å². The highest BCUT2D eigenvalue weighted by molar-refractivity contribution is 6.00. The van der Waals surface area contributed by atoms with Crippen LogP contribution in [0.2, 0.25) is 0 Å². The van der Waals surface area contributed by atoms with Gasteiger partial charge in [0.05, 0.1) is 0 Å². The maximum atomic E-state index is 12.5. The molecule has 0 aliphatic rings. The molecule has 0 radical (unpaired) electrons. The van der Waals surface area contributed by atoms with Gasteiger partial charge in [0.1, 0.15) is 5.75 Å². The first-order chi connectivity index (χ1) is 12.9. The lowest BCUT2D eigenvalue weighted by Crippen LogP contribution is -2.24. The normalized spacial score (nSPS) is 11.5. The number of carbonyl (C=O) groups is 3. The highest BCUT2D eigenvalue weighted by Gasteiger charge is 2.17. The van der Waals surface area contributed by atoms with Crippen LogP contribution in [0.15, 0.2) is 48.5 Å². The molecule has 27 heavy (non-hydrogen) atoms. The van der Waals surface area contributed by atoms with Crippen molar-refractivity contribution in [1.82, 2.24) is 0 Å². The summed E-state index contributed by atoms with van der Waals surface area (Å²) in [7, 11) is 0. The van der Waals surface area contributed by atoms with E-state index in [4.69, 9.17) is 4.74 Å². The SMILES string of the molecule is CCCC(=O)Nc1ccc(C(=O)[C@@H](C)Oc2ccc(C(=O)CC)cc2)cc1. The summed E-state index contributed by atoms with van der Waals surface area (Å²) in [6.07, 6.45) is 1.03. The van der Waals surface area contributed by atoms with Gasteiger partial charge in [-0.15, -0.1) is 0 Å². The molecule has 5 heteroatoms. The fraction of sp³-hybridized carbons (Fsp3) is 0.318. The van der Waals surface area contributed by atoms with Crippen molar-refractivity contribution in [3.63, 3.8) is 0 Å². The Morgan fingerprint density at radius 3 is 2.07 bits per heavy atom. The summed E-state index contributed by atoms with van der Waals surface area (Å²) >= 11 is 0. The zero-order valence-corrected chi connectivity index (χ0v) is 16.0. The van der Waals surface area contributed by atoms with Crippen LogP contribution in [-0.4, -0.2) is 23.6 Å². The molecule has 0 aliphatic heterocycles. The van der Waals surface area contributed by atoms with Gasteiger partial charge in [0.15, 0.2) is 11.9 Å². The molecule has 0 aliphatic carbocycles. The number of ether oxygens (including phenoxy) is 1. The topological polar surface area (TPSA) is 72.5 Å². The Morgan fingerprint density at radius 2 is 1.52 bits per heavy atom. The molecular weight excluding hydrogens is 342 g/mol. The Labute approximate surface area is 159 Å². The van der Waals surface area contributed by atoms with Crippen molar-refractivity contribution in [3.8, 4) is 5.75 Å². The lowest BCUT2D eigenvalue weighted by atomic mass is 10.1. The first kappa shape index (κ1) is 20.4. The number of hydrogen-bond acceptors (Lipinski definition) is 4. The highest BCUT2D eigenvalue weighted by Crippen LogP contribution is 2.18. The third kappa shape index (κ3) is 5.78. The van der Waals surface area contributed by atoms with E-state index in [1.807, 2.05) is 13.8 Å². The van der Waals surface area contributed by atoms with E-state index >= 15 is 0 Å². The largest absolute Gasteiger partial charge is 0.483 e. The third-order valence-electron chi connectivity index (χ3n) is 4.11. The van der Waals surface area contributed by atoms with Crippen LogP contribution >= 0.6 is 0 Å². The minimum Gasteiger partial charge on any atom is -0.483 e. The van der Waals surface area contributed by atoms with Crippen LogP contribution in [-0.2, 0) is 4.79 Å². The van der Waals surface area contributed by atoms with E-state index in [-0.39, 0.29) is 17.5 Å². The lowest BCUT2D eigenvalue weighted by molar-refractivity contribution is -0.116. The molecule has 2 aromatic rings. The van der Waals surface area contributed by atoms with E-state index in [1.54, 1.807) is 55.5 Å². The molecule has 0 bridgehead atoms. The van der Waals surface area contributed by atoms with Crippen LogP contribution in [0.4, 0.5) is 5.69 Å². The molecule has 0 aromatic heterocycles. The number of carbonyl (C=O) groups excluding carboxylic acids is 3. The maximum Gasteiger partial charge on any atom is 0.224 e. The van der Waals surface area contributed by atoms with Crippen molar-refractivity contribution in [2.45, 2.75) is 46.1 Å². The Morgan fingerprint density at radius 1 is 0.926 bits per heavy atom. The molecule has 0 fully saturated rings. The predicted molar refractivity (Wildman–Crippen MR) is 105 cm³/mol. The Balaban J connectivity index is 1.98. The van der Waals surface area contributed by atoms with Gasteiger partial charge in [-0.2, -0.15) is 0 Å². The minimum absolute atomic E-state index is 0.0433. The molecule has 5 nitrogen and oxygen atoms in total. The van der Waals surface area contributed by atoms with Crippen molar-refractivity contribution >= 4 is 23.2 Å². The molecule has 0 saturated carbocycles. The fourth-order valence-electron chi connectivity index (χ4n) is 2.58. The number of amides is 1. The molecule has 2 aromatic carbocycles. The van der Waals surface area contributed by atoms with Gasteiger partial charge in [-0.1, -0.05) is 13.8 Å². The van der Waals surface area contributed by atoms with Crippen LogP contribution in [0, 0.1) is 0 Å². The first-order valence-electron chi connectivity index (χ1n) is 9.18. The lowest BCUT2D eigenvalue weighted by Gasteiger charge is -2.14. The summed E-state index contributed by atoms with van der Waals surface area (Å²) in [6, 6.07) is 13.5. The average Bonchev–Trinajstić information content (AvgIpc) is 2.68. The van der Waals surface area contributed by atoms with Crippen LogP contribution < -0.4 is 10.1 Å². The summed E-state index contributed by atoms with van der Waals surface area (Å²) in [5, 5.41) is 2.79. The van der Waals surface area contributed by atoms with E-state index in [0.29, 0.717) is 35.4 Å². The number of hydrogen-bond donors (Lipinski definition) is 1. The first-order valence-corrected chi connectivity index (χ1v) is 9.18. The molecule has 1 N–H and O–H groups in total. The molecular formula is C22H25NO4. The molecule has 0 spiro atoms. The van der Waals surface area contributed by atoms with Gasteiger partial charge in [0.2, 0.25) is 11.7 Å². The van der Waals surface area contributed by atoms with E-state index in [2.05, 4.69) is 5.32 Å². The van der Waals surface area contributed by atoms with Crippen molar-refractivity contribution in [1.29, 1.82) is 0 Å². The smallest absolute Gasteiger partial charge is 0.224 e. The standard InChI is InChI=1S/C22H25NO4/c1-4-6-21(25)23-18-11-7-17(8-12-18)22(26)15(3)27-19-13-9-16(10-14-19)20(24)5-2/h7-15H,4-6H2,1-3H3,(H,23,25)/t15-/m1/s1. The van der Waals surface area contributed by atoms with Gasteiger partial charge in [0.25, 0.3) is 0 Å².